The van der Waals surface area contributed by atoms with E-state index < -0.39 is 0 Å². The van der Waals surface area contributed by atoms with E-state index in [1.807, 2.05) is 24.7 Å². The summed E-state index contributed by atoms with van der Waals surface area (Å²) in [5, 5.41) is 5.70. The van der Waals surface area contributed by atoms with E-state index in [0.29, 0.717) is 17.8 Å². The van der Waals surface area contributed by atoms with Crippen LogP contribution in [-0.4, -0.2) is 59.8 Å². The van der Waals surface area contributed by atoms with Crippen molar-refractivity contribution in [3.05, 3.63) is 36.3 Å². The first kappa shape index (κ1) is 22.8. The van der Waals surface area contributed by atoms with Gasteiger partial charge in [-0.2, -0.15) is 4.98 Å². The van der Waals surface area contributed by atoms with E-state index in [9.17, 15) is 0 Å². The topological polar surface area (TPSA) is 79.3 Å². The van der Waals surface area contributed by atoms with Gasteiger partial charge < -0.3 is 19.9 Å². The highest BCUT2D eigenvalue weighted by molar-refractivity contribution is 5.96. The minimum Gasteiger partial charge on any atom is -0.384 e. The average Bonchev–Trinajstić information content (AvgIpc) is 2.80. The molecule has 0 aliphatic carbocycles. The predicted molar refractivity (Wildman–Crippen MR) is 137 cm³/mol. The second-order valence-corrected chi connectivity index (χ2v) is 10.1. The normalized spacial score (nSPS) is 19.0. The van der Waals surface area contributed by atoms with E-state index in [1.54, 1.807) is 7.11 Å². The SMILES string of the molecule is COCC1CN(c2ncc(C(C)C)c3cc(Nc4ccnc(N5CCCC(C)C5)n4)ncc23)C1. The molecule has 2 aliphatic rings. The molecule has 0 radical (unpaired) electrons. The summed E-state index contributed by atoms with van der Waals surface area (Å²) in [6.45, 7) is 11.5. The maximum atomic E-state index is 5.31. The summed E-state index contributed by atoms with van der Waals surface area (Å²) >= 11 is 0. The molecule has 5 heterocycles. The van der Waals surface area contributed by atoms with Gasteiger partial charge in [-0.1, -0.05) is 20.8 Å². The maximum Gasteiger partial charge on any atom is 0.227 e. The molecule has 0 bridgehead atoms. The quantitative estimate of drug-likeness (QED) is 0.547. The Hall–Kier alpha value is -3.00. The Kier molecular flexibility index (Phi) is 6.50. The second kappa shape index (κ2) is 9.70. The molecule has 1 unspecified atom stereocenters. The standard InChI is InChI=1S/C26H35N7O/c1-17(2)21-11-29-25(33-14-19(15-33)16-34-4)22-12-28-24(10-20(21)22)30-23-7-8-27-26(31-23)32-9-5-6-18(3)13-32/h7-8,10-12,17-19H,5-6,9,13-16H2,1-4H3,(H,27,28,30,31). The molecule has 180 valence electrons. The van der Waals surface area contributed by atoms with Gasteiger partial charge in [0.1, 0.15) is 17.5 Å². The van der Waals surface area contributed by atoms with Gasteiger partial charge >= 0.3 is 0 Å². The Labute approximate surface area is 201 Å². The number of fused-ring (bicyclic) bond motifs is 1. The van der Waals surface area contributed by atoms with Crippen molar-refractivity contribution in [2.24, 2.45) is 11.8 Å². The zero-order chi connectivity index (χ0) is 23.7. The molecule has 2 aliphatic heterocycles. The van der Waals surface area contributed by atoms with E-state index in [1.165, 1.54) is 23.8 Å². The van der Waals surface area contributed by atoms with Gasteiger partial charge in [-0.3, -0.25) is 0 Å². The van der Waals surface area contributed by atoms with Crippen LogP contribution in [0.3, 0.4) is 0 Å². The van der Waals surface area contributed by atoms with Crippen molar-refractivity contribution in [1.82, 2.24) is 19.9 Å². The molecule has 8 nitrogen and oxygen atoms in total. The molecule has 0 spiro atoms. The summed E-state index contributed by atoms with van der Waals surface area (Å²) in [5.41, 5.74) is 1.23. The van der Waals surface area contributed by atoms with Gasteiger partial charge in [0.2, 0.25) is 5.95 Å². The van der Waals surface area contributed by atoms with E-state index in [4.69, 9.17) is 19.7 Å². The van der Waals surface area contributed by atoms with Crippen LogP contribution in [0.2, 0.25) is 0 Å². The van der Waals surface area contributed by atoms with Gasteiger partial charge in [-0.05, 0) is 47.8 Å². The molecule has 5 rings (SSSR count). The van der Waals surface area contributed by atoms with Crippen molar-refractivity contribution >= 4 is 34.2 Å². The number of piperidine rings is 1. The van der Waals surface area contributed by atoms with Gasteiger partial charge in [-0.25, -0.2) is 15.0 Å². The van der Waals surface area contributed by atoms with E-state index in [2.05, 4.69) is 46.9 Å². The number of nitrogens with zero attached hydrogens (tertiary/aromatic N) is 6. The minimum absolute atomic E-state index is 0.365. The van der Waals surface area contributed by atoms with Crippen molar-refractivity contribution < 1.29 is 4.74 Å². The van der Waals surface area contributed by atoms with Gasteiger partial charge in [0.15, 0.2) is 0 Å². The Morgan fingerprint density at radius 1 is 1.06 bits per heavy atom. The van der Waals surface area contributed by atoms with Crippen molar-refractivity contribution in [3.8, 4) is 0 Å². The van der Waals surface area contributed by atoms with Gasteiger partial charge in [-0.15, -0.1) is 0 Å². The molecule has 0 amide bonds. The zero-order valence-corrected chi connectivity index (χ0v) is 20.7. The Morgan fingerprint density at radius 2 is 1.91 bits per heavy atom. The van der Waals surface area contributed by atoms with Gasteiger partial charge in [0, 0.05) is 63.2 Å². The summed E-state index contributed by atoms with van der Waals surface area (Å²) in [4.78, 5) is 23.5. The number of pyridine rings is 2. The monoisotopic (exact) mass is 461 g/mol. The Balaban J connectivity index is 1.41. The molecule has 3 aromatic rings. The maximum absolute atomic E-state index is 5.31. The van der Waals surface area contributed by atoms with E-state index >= 15 is 0 Å². The Bertz CT molecular complexity index is 1150. The molecule has 34 heavy (non-hydrogen) atoms. The number of anilines is 4. The molecule has 0 saturated carbocycles. The highest BCUT2D eigenvalue weighted by Gasteiger charge is 2.29. The lowest BCUT2D eigenvalue weighted by molar-refractivity contribution is 0.137. The first-order valence-electron chi connectivity index (χ1n) is 12.4. The lowest BCUT2D eigenvalue weighted by Gasteiger charge is -2.40. The van der Waals surface area contributed by atoms with Crippen molar-refractivity contribution in [2.45, 2.75) is 39.5 Å². The summed E-state index contributed by atoms with van der Waals surface area (Å²) < 4.78 is 5.31. The number of nitrogens with one attached hydrogen (secondary N) is 1. The predicted octanol–water partition coefficient (Wildman–Crippen LogP) is 4.61. The summed E-state index contributed by atoms with van der Waals surface area (Å²) in [5.74, 6) is 4.94. The molecule has 8 heteroatoms. The number of hydrogen-bond donors (Lipinski definition) is 1. The molecule has 3 aromatic heterocycles. The fourth-order valence-electron chi connectivity index (χ4n) is 5.08. The van der Waals surface area contributed by atoms with E-state index in [-0.39, 0.29) is 0 Å². The van der Waals surface area contributed by atoms with Crippen molar-refractivity contribution in [1.29, 1.82) is 0 Å². The molecule has 0 aromatic carbocycles. The first-order chi connectivity index (χ1) is 16.5. The molecular formula is C26H35N7O. The zero-order valence-electron chi connectivity index (χ0n) is 20.7. The Morgan fingerprint density at radius 3 is 2.68 bits per heavy atom. The largest absolute Gasteiger partial charge is 0.384 e. The number of aromatic nitrogens is 4. The van der Waals surface area contributed by atoms with Crippen LogP contribution in [0.15, 0.2) is 30.7 Å². The van der Waals surface area contributed by atoms with Crippen LogP contribution in [0.4, 0.5) is 23.4 Å². The number of hydrogen-bond acceptors (Lipinski definition) is 8. The van der Waals surface area contributed by atoms with Crippen LogP contribution in [0.5, 0.6) is 0 Å². The van der Waals surface area contributed by atoms with Gasteiger partial charge in [0.05, 0.1) is 6.61 Å². The first-order valence-corrected chi connectivity index (χ1v) is 12.4. The van der Waals surface area contributed by atoms with Crippen molar-refractivity contribution in [2.75, 3.05) is 55.0 Å². The highest BCUT2D eigenvalue weighted by Crippen LogP contribution is 2.35. The third-order valence-corrected chi connectivity index (χ3v) is 6.90. The van der Waals surface area contributed by atoms with E-state index in [0.717, 1.165) is 61.6 Å². The van der Waals surface area contributed by atoms with Crippen molar-refractivity contribution in [3.63, 3.8) is 0 Å². The van der Waals surface area contributed by atoms with Gasteiger partial charge in [0.25, 0.3) is 0 Å². The summed E-state index contributed by atoms with van der Waals surface area (Å²) in [6.07, 6.45) is 8.26. The third-order valence-electron chi connectivity index (χ3n) is 6.90. The second-order valence-electron chi connectivity index (χ2n) is 10.1. The summed E-state index contributed by atoms with van der Waals surface area (Å²) in [6, 6.07) is 4.03. The molecule has 1 atom stereocenters. The molecule has 1 N–H and O–H groups in total. The van der Waals surface area contributed by atoms with Crippen LogP contribution in [0.1, 0.15) is 45.1 Å². The lowest BCUT2D eigenvalue weighted by atomic mass is 9.97. The van der Waals surface area contributed by atoms with Crippen LogP contribution >= 0.6 is 0 Å². The molecular weight excluding hydrogens is 426 g/mol. The molecule has 2 fully saturated rings. The third kappa shape index (κ3) is 4.64. The highest BCUT2D eigenvalue weighted by atomic mass is 16.5. The number of methoxy groups -OCH3 is 1. The van der Waals surface area contributed by atoms with Crippen LogP contribution in [0.25, 0.3) is 10.8 Å². The van der Waals surface area contributed by atoms with Crippen LogP contribution < -0.4 is 15.1 Å². The number of rotatable bonds is 7. The fourth-order valence-corrected chi connectivity index (χ4v) is 5.08. The van der Waals surface area contributed by atoms with Crippen LogP contribution in [-0.2, 0) is 4.74 Å². The lowest BCUT2D eigenvalue weighted by Crippen LogP contribution is -2.49. The summed E-state index contributed by atoms with van der Waals surface area (Å²) in [7, 11) is 1.76. The number of ether oxygens (including phenoxy) is 1. The minimum atomic E-state index is 0.365. The average molecular weight is 462 g/mol. The molecule has 2 saturated heterocycles. The smallest absolute Gasteiger partial charge is 0.227 e. The fraction of sp³-hybridized carbons (Fsp3) is 0.538. The van der Waals surface area contributed by atoms with Crippen LogP contribution in [0, 0.1) is 11.8 Å².